The first-order chi connectivity index (χ1) is 15.5. The average molecular weight is 430 g/mol. The number of aryl methyl sites for hydroxylation is 1. The number of nitrogens with two attached hydrogens (primary N) is 1. The summed E-state index contributed by atoms with van der Waals surface area (Å²) in [5, 5.41) is 9.10. The lowest BCUT2D eigenvalue weighted by Gasteiger charge is -2.31. The molecule has 0 saturated carbocycles. The second-order valence-corrected chi connectivity index (χ2v) is 8.36. The second kappa shape index (κ2) is 9.75. The first-order valence-electron chi connectivity index (χ1n) is 11.0. The number of likely N-dealkylation sites (tertiary alicyclic amines) is 1. The number of ketones is 1. The van der Waals surface area contributed by atoms with Crippen LogP contribution in [0.15, 0.2) is 47.1 Å². The van der Waals surface area contributed by atoms with Crippen LogP contribution in [0.4, 0.5) is 5.69 Å². The number of carbonyl (C=O) groups is 1. The lowest BCUT2D eigenvalue weighted by molar-refractivity contribution is 0.0956. The molecule has 32 heavy (non-hydrogen) atoms. The zero-order chi connectivity index (χ0) is 22.5. The van der Waals surface area contributed by atoms with Crippen molar-refractivity contribution in [3.05, 3.63) is 65.3 Å². The number of oxazole rings is 1. The smallest absolute Gasteiger partial charge is 0.226 e. The van der Waals surface area contributed by atoms with Crippen molar-refractivity contribution in [2.75, 3.05) is 18.8 Å². The van der Waals surface area contributed by atoms with Gasteiger partial charge in [-0.1, -0.05) is 18.2 Å². The van der Waals surface area contributed by atoms with E-state index < -0.39 is 0 Å². The summed E-state index contributed by atoms with van der Waals surface area (Å²) < 4.78 is 5.64. The van der Waals surface area contributed by atoms with E-state index in [2.05, 4.69) is 14.9 Å². The maximum absolute atomic E-state index is 12.6. The highest BCUT2D eigenvalue weighted by molar-refractivity contribution is 5.95. The Morgan fingerprint density at radius 2 is 2.00 bits per heavy atom. The number of Topliss-reactive ketones (excluding diaryl/α,β-unsaturated/α-hetero) is 1. The van der Waals surface area contributed by atoms with Gasteiger partial charge in [0.25, 0.3) is 0 Å². The molecule has 0 aliphatic carbocycles. The maximum Gasteiger partial charge on any atom is 0.226 e. The predicted molar refractivity (Wildman–Crippen MR) is 122 cm³/mol. The van der Waals surface area contributed by atoms with Crippen LogP contribution in [-0.4, -0.2) is 33.7 Å². The Morgan fingerprint density at radius 3 is 2.69 bits per heavy atom. The Bertz CT molecular complexity index is 1100. The minimum Gasteiger partial charge on any atom is -0.444 e. The van der Waals surface area contributed by atoms with Crippen molar-refractivity contribution in [3.8, 4) is 17.5 Å². The van der Waals surface area contributed by atoms with Gasteiger partial charge in [-0.3, -0.25) is 9.69 Å². The molecule has 4 rings (SSSR count). The number of nitrogen functional groups attached to an aromatic ring is 1. The van der Waals surface area contributed by atoms with Crippen molar-refractivity contribution in [3.63, 3.8) is 0 Å². The molecule has 1 fully saturated rings. The van der Waals surface area contributed by atoms with Crippen molar-refractivity contribution in [2.24, 2.45) is 5.92 Å². The molecule has 2 aromatic heterocycles. The van der Waals surface area contributed by atoms with Gasteiger partial charge in [0.2, 0.25) is 5.89 Å². The number of nitrogens with zero attached hydrogens (tertiary/aromatic N) is 4. The Kier molecular flexibility index (Phi) is 6.62. The monoisotopic (exact) mass is 429 g/mol. The van der Waals surface area contributed by atoms with Gasteiger partial charge < -0.3 is 10.2 Å². The topological polar surface area (TPSA) is 109 Å². The van der Waals surface area contributed by atoms with Crippen LogP contribution in [0.2, 0.25) is 0 Å². The molecule has 3 heterocycles. The Balaban J connectivity index is 1.25. The van der Waals surface area contributed by atoms with E-state index in [0.717, 1.165) is 50.2 Å². The minimum absolute atomic E-state index is 0.0113. The molecule has 1 aromatic carbocycles. The molecule has 0 spiro atoms. The van der Waals surface area contributed by atoms with E-state index >= 15 is 0 Å². The van der Waals surface area contributed by atoms with Crippen LogP contribution >= 0.6 is 0 Å². The van der Waals surface area contributed by atoms with Gasteiger partial charge in [-0.05, 0) is 63.4 Å². The molecule has 164 valence electrons. The first kappa shape index (κ1) is 21.7. The quantitative estimate of drug-likeness (QED) is 0.555. The van der Waals surface area contributed by atoms with Gasteiger partial charge in [0, 0.05) is 18.5 Å². The van der Waals surface area contributed by atoms with Crippen molar-refractivity contribution < 1.29 is 9.21 Å². The molecule has 1 saturated heterocycles. The summed E-state index contributed by atoms with van der Waals surface area (Å²) in [5.41, 5.74) is 9.34. The molecular weight excluding hydrogens is 402 g/mol. The van der Waals surface area contributed by atoms with Crippen molar-refractivity contribution >= 4 is 11.5 Å². The molecule has 7 nitrogen and oxygen atoms in total. The van der Waals surface area contributed by atoms with Gasteiger partial charge in [0.15, 0.2) is 5.78 Å². The summed E-state index contributed by atoms with van der Waals surface area (Å²) in [5.74, 6) is 1.16. The SMILES string of the molecule is Cc1nc(C(=O)CCC2CCN(Cc3coc(-c4ccccc4)n3)CC2)cc(N)c1C#N. The molecule has 0 bridgehead atoms. The lowest BCUT2D eigenvalue weighted by Crippen LogP contribution is -2.33. The molecule has 0 amide bonds. The lowest BCUT2D eigenvalue weighted by atomic mass is 9.90. The summed E-state index contributed by atoms with van der Waals surface area (Å²) in [6.07, 6.45) is 5.14. The van der Waals surface area contributed by atoms with E-state index in [1.54, 1.807) is 13.2 Å². The fourth-order valence-corrected chi connectivity index (χ4v) is 4.20. The van der Waals surface area contributed by atoms with Crippen LogP contribution in [-0.2, 0) is 6.54 Å². The zero-order valence-corrected chi connectivity index (χ0v) is 18.3. The third-order valence-electron chi connectivity index (χ3n) is 6.07. The number of carbonyl (C=O) groups excluding carboxylic acids is 1. The van der Waals surface area contributed by atoms with E-state index in [0.29, 0.717) is 40.9 Å². The van der Waals surface area contributed by atoms with Crippen molar-refractivity contribution in [1.29, 1.82) is 5.26 Å². The molecule has 0 unspecified atom stereocenters. The number of piperidine rings is 1. The van der Waals surface area contributed by atoms with Crippen molar-refractivity contribution in [1.82, 2.24) is 14.9 Å². The highest BCUT2D eigenvalue weighted by atomic mass is 16.3. The number of hydrogen-bond acceptors (Lipinski definition) is 7. The van der Waals surface area contributed by atoms with Gasteiger partial charge in [-0.2, -0.15) is 5.26 Å². The third kappa shape index (κ3) is 5.04. The molecule has 0 atom stereocenters. The van der Waals surface area contributed by atoms with Crippen LogP contribution in [0.3, 0.4) is 0 Å². The van der Waals surface area contributed by atoms with E-state index in [-0.39, 0.29) is 5.78 Å². The Hall–Kier alpha value is -3.50. The first-order valence-corrected chi connectivity index (χ1v) is 11.0. The van der Waals surface area contributed by atoms with E-state index in [4.69, 9.17) is 15.4 Å². The van der Waals surface area contributed by atoms with Crippen LogP contribution in [0.5, 0.6) is 0 Å². The standard InChI is InChI=1S/C25H27N5O2/c1-17-21(14-26)22(27)13-23(28-17)24(31)8-7-18-9-11-30(12-10-18)15-20-16-32-25(29-20)19-5-3-2-4-6-19/h2-6,13,16,18H,7-12,15H2,1H3,(H2,27,28). The van der Waals surface area contributed by atoms with Crippen LogP contribution in [0, 0.1) is 24.2 Å². The maximum atomic E-state index is 12.6. The Morgan fingerprint density at radius 1 is 1.25 bits per heavy atom. The molecule has 2 N–H and O–H groups in total. The van der Waals surface area contributed by atoms with Gasteiger partial charge in [-0.15, -0.1) is 0 Å². The summed E-state index contributed by atoms with van der Waals surface area (Å²) in [6.45, 7) is 4.44. The van der Waals surface area contributed by atoms with Crippen molar-refractivity contribution in [2.45, 2.75) is 39.2 Å². The van der Waals surface area contributed by atoms with Crippen LogP contribution in [0.1, 0.15) is 53.1 Å². The van der Waals surface area contributed by atoms with Gasteiger partial charge in [0.05, 0.1) is 22.6 Å². The molecule has 7 heteroatoms. The molecule has 1 aliphatic heterocycles. The van der Waals surface area contributed by atoms with Crippen LogP contribution < -0.4 is 5.73 Å². The number of anilines is 1. The molecule has 1 aliphatic rings. The largest absolute Gasteiger partial charge is 0.444 e. The molecule has 3 aromatic rings. The van der Waals surface area contributed by atoms with E-state index in [9.17, 15) is 4.79 Å². The number of nitriles is 1. The van der Waals surface area contributed by atoms with E-state index in [1.807, 2.05) is 36.4 Å². The number of benzene rings is 1. The summed E-state index contributed by atoms with van der Waals surface area (Å²) in [4.78, 5) is 23.9. The number of pyridine rings is 1. The predicted octanol–water partition coefficient (Wildman–Crippen LogP) is 4.37. The zero-order valence-electron chi connectivity index (χ0n) is 18.3. The fourth-order valence-electron chi connectivity index (χ4n) is 4.20. The highest BCUT2D eigenvalue weighted by Gasteiger charge is 2.22. The highest BCUT2D eigenvalue weighted by Crippen LogP contribution is 2.25. The second-order valence-electron chi connectivity index (χ2n) is 8.36. The normalized spacial score (nSPS) is 14.9. The summed E-state index contributed by atoms with van der Waals surface area (Å²) in [7, 11) is 0. The minimum atomic E-state index is -0.0113. The van der Waals surface area contributed by atoms with E-state index in [1.165, 1.54) is 6.07 Å². The van der Waals surface area contributed by atoms with Crippen LogP contribution in [0.25, 0.3) is 11.5 Å². The number of aromatic nitrogens is 2. The van der Waals surface area contributed by atoms with Gasteiger partial charge >= 0.3 is 0 Å². The number of rotatable bonds is 7. The fraction of sp³-hybridized carbons (Fsp3) is 0.360. The third-order valence-corrected chi connectivity index (χ3v) is 6.07. The Labute approximate surface area is 187 Å². The van der Waals surface area contributed by atoms with Gasteiger partial charge in [0.1, 0.15) is 18.0 Å². The molecule has 0 radical (unpaired) electrons. The average Bonchev–Trinajstić information content (AvgIpc) is 3.27. The summed E-state index contributed by atoms with van der Waals surface area (Å²) in [6, 6.07) is 13.5. The number of hydrogen-bond donors (Lipinski definition) is 1. The summed E-state index contributed by atoms with van der Waals surface area (Å²) >= 11 is 0. The van der Waals surface area contributed by atoms with Gasteiger partial charge in [-0.25, -0.2) is 9.97 Å². The molecular formula is C25H27N5O2.